The third-order valence-corrected chi connectivity index (χ3v) is 6.33. The number of halogens is 1. The molecule has 1 atom stereocenters. The fourth-order valence-corrected chi connectivity index (χ4v) is 4.54. The van der Waals surface area contributed by atoms with Crippen LogP contribution in [0.2, 0.25) is 0 Å². The molecular formula is C15H20BrNOS. The molecule has 1 fully saturated rings. The lowest BCUT2D eigenvalue weighted by molar-refractivity contribution is 0.0462. The molecular weight excluding hydrogens is 322 g/mol. The predicted molar refractivity (Wildman–Crippen MR) is 82.1 cm³/mol. The van der Waals surface area contributed by atoms with Gasteiger partial charge in [0.2, 0.25) is 0 Å². The second-order valence-electron chi connectivity index (χ2n) is 5.49. The quantitative estimate of drug-likeness (QED) is 0.812. The maximum Gasteiger partial charge on any atom is 0.107 e. The molecule has 1 aliphatic carbocycles. The van der Waals surface area contributed by atoms with E-state index in [1.54, 1.807) is 11.3 Å². The van der Waals surface area contributed by atoms with Gasteiger partial charge in [0.15, 0.2) is 0 Å². The van der Waals surface area contributed by atoms with Crippen molar-refractivity contribution >= 4 is 27.3 Å². The highest BCUT2D eigenvalue weighted by Crippen LogP contribution is 2.46. The van der Waals surface area contributed by atoms with Crippen molar-refractivity contribution in [1.82, 2.24) is 0 Å². The average molecular weight is 342 g/mol. The molecule has 0 spiro atoms. The molecule has 0 aromatic carbocycles. The number of hydrogen-bond acceptors (Lipinski definition) is 3. The number of thiophene rings is 1. The van der Waals surface area contributed by atoms with Gasteiger partial charge >= 0.3 is 0 Å². The standard InChI is InChI=1S/C15H20BrNOS/c1-11-12(16)9-13(19-11)14(18)15(10-17)7-5-3-2-4-6-8-15/h9,14,18H,2-8H2,1H3. The summed E-state index contributed by atoms with van der Waals surface area (Å²) >= 11 is 5.09. The lowest BCUT2D eigenvalue weighted by Crippen LogP contribution is -2.28. The lowest BCUT2D eigenvalue weighted by Gasteiger charge is -2.32. The van der Waals surface area contributed by atoms with E-state index in [-0.39, 0.29) is 0 Å². The molecule has 1 aromatic rings. The number of hydrogen-bond donors (Lipinski definition) is 1. The summed E-state index contributed by atoms with van der Waals surface area (Å²) in [7, 11) is 0. The second kappa shape index (κ2) is 6.39. The van der Waals surface area contributed by atoms with Crippen molar-refractivity contribution in [2.24, 2.45) is 5.41 Å². The van der Waals surface area contributed by atoms with Crippen LogP contribution in [-0.2, 0) is 0 Å². The van der Waals surface area contributed by atoms with Gasteiger partial charge in [0.1, 0.15) is 6.10 Å². The molecule has 1 aromatic heterocycles. The van der Waals surface area contributed by atoms with Gasteiger partial charge in [0, 0.05) is 14.2 Å². The van der Waals surface area contributed by atoms with Gasteiger partial charge in [-0.3, -0.25) is 0 Å². The fraction of sp³-hybridized carbons (Fsp3) is 0.667. The third-order valence-electron chi connectivity index (χ3n) is 4.14. The molecule has 0 aliphatic heterocycles. The third kappa shape index (κ3) is 3.21. The van der Waals surface area contributed by atoms with E-state index in [9.17, 15) is 10.4 Å². The van der Waals surface area contributed by atoms with Crippen molar-refractivity contribution in [1.29, 1.82) is 5.26 Å². The van der Waals surface area contributed by atoms with Crippen LogP contribution in [0.1, 0.15) is 60.8 Å². The van der Waals surface area contributed by atoms with E-state index in [1.807, 2.05) is 13.0 Å². The smallest absolute Gasteiger partial charge is 0.107 e. The summed E-state index contributed by atoms with van der Waals surface area (Å²) < 4.78 is 1.03. The predicted octanol–water partition coefficient (Wildman–Crippen LogP) is 5.11. The average Bonchev–Trinajstić information content (AvgIpc) is 2.70. The molecule has 1 saturated carbocycles. The van der Waals surface area contributed by atoms with Crippen LogP contribution in [0.4, 0.5) is 0 Å². The first-order valence-electron chi connectivity index (χ1n) is 6.94. The molecule has 19 heavy (non-hydrogen) atoms. The molecule has 0 saturated heterocycles. The van der Waals surface area contributed by atoms with Crippen molar-refractivity contribution < 1.29 is 5.11 Å². The minimum Gasteiger partial charge on any atom is -0.386 e. The van der Waals surface area contributed by atoms with Crippen LogP contribution in [0.5, 0.6) is 0 Å². The topological polar surface area (TPSA) is 44.0 Å². The monoisotopic (exact) mass is 341 g/mol. The molecule has 4 heteroatoms. The van der Waals surface area contributed by atoms with Gasteiger partial charge in [-0.15, -0.1) is 11.3 Å². The number of nitriles is 1. The van der Waals surface area contributed by atoms with Gasteiger partial charge in [0.05, 0.1) is 11.5 Å². The highest BCUT2D eigenvalue weighted by Gasteiger charge is 2.39. The van der Waals surface area contributed by atoms with Crippen molar-refractivity contribution in [3.8, 4) is 6.07 Å². The molecule has 2 rings (SSSR count). The van der Waals surface area contributed by atoms with Crippen LogP contribution >= 0.6 is 27.3 Å². The van der Waals surface area contributed by atoms with E-state index in [4.69, 9.17) is 0 Å². The maximum atomic E-state index is 10.7. The van der Waals surface area contributed by atoms with Gasteiger partial charge in [-0.1, -0.05) is 32.1 Å². The number of nitrogens with zero attached hydrogens (tertiary/aromatic N) is 1. The maximum absolute atomic E-state index is 10.7. The van der Waals surface area contributed by atoms with Crippen molar-refractivity contribution in [2.45, 2.75) is 58.0 Å². The Kier molecular flexibility index (Phi) is 5.05. The van der Waals surface area contributed by atoms with Gasteiger partial charge in [-0.2, -0.15) is 5.26 Å². The van der Waals surface area contributed by atoms with E-state index in [0.717, 1.165) is 39.9 Å². The Morgan fingerprint density at radius 2 is 1.89 bits per heavy atom. The van der Waals surface area contributed by atoms with E-state index in [1.165, 1.54) is 19.3 Å². The molecule has 0 amide bonds. The molecule has 2 nitrogen and oxygen atoms in total. The van der Waals surface area contributed by atoms with Crippen LogP contribution in [-0.4, -0.2) is 5.11 Å². The molecule has 1 aliphatic rings. The highest BCUT2D eigenvalue weighted by atomic mass is 79.9. The van der Waals surface area contributed by atoms with Crippen molar-refractivity contribution in [2.75, 3.05) is 0 Å². The highest BCUT2D eigenvalue weighted by molar-refractivity contribution is 9.10. The number of aliphatic hydroxyl groups excluding tert-OH is 1. The molecule has 104 valence electrons. The zero-order chi connectivity index (χ0) is 13.9. The normalized spacial score (nSPS) is 21.2. The summed E-state index contributed by atoms with van der Waals surface area (Å²) in [5, 5.41) is 20.4. The fourth-order valence-electron chi connectivity index (χ4n) is 2.87. The van der Waals surface area contributed by atoms with Crippen LogP contribution < -0.4 is 0 Å². The first kappa shape index (κ1) is 15.0. The first-order chi connectivity index (χ1) is 9.09. The molecule has 1 unspecified atom stereocenters. The lowest BCUT2D eigenvalue weighted by atomic mass is 9.73. The number of aryl methyl sites for hydroxylation is 1. The summed E-state index contributed by atoms with van der Waals surface area (Å²) in [4.78, 5) is 2.08. The summed E-state index contributed by atoms with van der Waals surface area (Å²) in [5.41, 5.74) is -0.586. The minimum absolute atomic E-state index is 0.586. The molecule has 0 bridgehead atoms. The summed E-state index contributed by atoms with van der Waals surface area (Å²) in [6.07, 6.45) is 6.73. The van der Waals surface area contributed by atoms with Crippen LogP contribution in [0.3, 0.4) is 0 Å². The van der Waals surface area contributed by atoms with E-state index < -0.39 is 11.5 Å². The Labute approximate surface area is 127 Å². The van der Waals surface area contributed by atoms with Gasteiger partial charge in [0.25, 0.3) is 0 Å². The largest absolute Gasteiger partial charge is 0.386 e. The minimum atomic E-state index is -0.648. The number of aliphatic hydroxyl groups is 1. The Hall–Kier alpha value is -0.370. The Bertz CT molecular complexity index is 449. The first-order valence-corrected chi connectivity index (χ1v) is 8.55. The zero-order valence-corrected chi connectivity index (χ0v) is 13.7. The van der Waals surface area contributed by atoms with E-state index in [0.29, 0.717) is 0 Å². The van der Waals surface area contributed by atoms with Crippen LogP contribution in [0.15, 0.2) is 10.5 Å². The Balaban J connectivity index is 2.26. The molecule has 0 radical (unpaired) electrons. The van der Waals surface area contributed by atoms with Crippen molar-refractivity contribution in [3.63, 3.8) is 0 Å². The zero-order valence-electron chi connectivity index (χ0n) is 11.3. The molecule has 1 heterocycles. The van der Waals surface area contributed by atoms with Crippen molar-refractivity contribution in [3.05, 3.63) is 20.3 Å². The summed E-state index contributed by atoms with van der Waals surface area (Å²) in [6, 6.07) is 4.43. The van der Waals surface area contributed by atoms with E-state index in [2.05, 4.69) is 22.0 Å². The van der Waals surface area contributed by atoms with Gasteiger partial charge in [-0.05, 0) is 41.8 Å². The summed E-state index contributed by atoms with van der Waals surface area (Å²) in [6.45, 7) is 2.03. The second-order valence-corrected chi connectivity index (χ2v) is 7.63. The Morgan fingerprint density at radius 1 is 1.32 bits per heavy atom. The summed E-state index contributed by atoms with van der Waals surface area (Å²) in [5.74, 6) is 0. The molecule has 1 N–H and O–H groups in total. The number of rotatable bonds is 2. The SMILES string of the molecule is Cc1sc(C(O)C2(C#N)CCCCCCC2)cc1Br. The van der Waals surface area contributed by atoms with Gasteiger partial charge in [-0.25, -0.2) is 0 Å². The van der Waals surface area contributed by atoms with E-state index >= 15 is 0 Å². The van der Waals surface area contributed by atoms with Crippen LogP contribution in [0.25, 0.3) is 0 Å². The van der Waals surface area contributed by atoms with Gasteiger partial charge < -0.3 is 5.11 Å². The van der Waals surface area contributed by atoms with Crippen LogP contribution in [0, 0.1) is 23.7 Å². The Morgan fingerprint density at radius 3 is 2.37 bits per heavy atom.